The van der Waals surface area contributed by atoms with Crippen molar-refractivity contribution in [3.8, 4) is 0 Å². The van der Waals surface area contributed by atoms with E-state index >= 15 is 0 Å². The van der Waals surface area contributed by atoms with Gasteiger partial charge in [0.15, 0.2) is 0 Å². The van der Waals surface area contributed by atoms with E-state index in [0.717, 1.165) is 32.1 Å². The van der Waals surface area contributed by atoms with Gasteiger partial charge in [0, 0.05) is 18.2 Å². The zero-order chi connectivity index (χ0) is 18.9. The van der Waals surface area contributed by atoms with Crippen LogP contribution >= 0.6 is 0 Å². The molecule has 0 bridgehead atoms. The normalized spacial score (nSPS) is 13.0. The van der Waals surface area contributed by atoms with E-state index in [1.807, 2.05) is 13.8 Å². The van der Waals surface area contributed by atoms with Crippen molar-refractivity contribution >= 4 is 15.9 Å². The fraction of sp³-hybridized carbons (Fsp3) is 0.632. The standard InChI is InChI=1S/C19H32N2O3S/c1-5-6-13-20-25(23,24)18-12-8-11-17(14-18)19(22)21-16(4)10-7-9-15(2)3/h8,11-12,14-16,20H,5-7,9-10,13H2,1-4H3,(H,21,22). The summed E-state index contributed by atoms with van der Waals surface area (Å²) in [5, 5.41) is 2.95. The highest BCUT2D eigenvalue weighted by atomic mass is 32.2. The average molecular weight is 369 g/mol. The lowest BCUT2D eigenvalue weighted by molar-refractivity contribution is 0.0937. The second kappa shape index (κ2) is 10.6. The molecule has 1 rings (SSSR count). The summed E-state index contributed by atoms with van der Waals surface area (Å²) >= 11 is 0. The minimum absolute atomic E-state index is 0.0641. The predicted octanol–water partition coefficient (Wildman–Crippen LogP) is 3.71. The molecule has 0 aliphatic carbocycles. The maximum absolute atomic E-state index is 12.4. The molecule has 0 saturated carbocycles. The van der Waals surface area contributed by atoms with Crippen molar-refractivity contribution < 1.29 is 13.2 Å². The number of amides is 1. The van der Waals surface area contributed by atoms with Gasteiger partial charge < -0.3 is 5.32 Å². The van der Waals surface area contributed by atoms with Crippen molar-refractivity contribution in [2.45, 2.75) is 70.7 Å². The molecular formula is C19H32N2O3S. The van der Waals surface area contributed by atoms with Crippen molar-refractivity contribution in [3.63, 3.8) is 0 Å². The summed E-state index contributed by atoms with van der Waals surface area (Å²) in [4.78, 5) is 12.5. The van der Waals surface area contributed by atoms with Gasteiger partial charge in [-0.05, 0) is 43.9 Å². The Hall–Kier alpha value is -1.40. The number of hydrogen-bond donors (Lipinski definition) is 2. The maximum atomic E-state index is 12.4. The summed E-state index contributed by atoms with van der Waals surface area (Å²) in [6, 6.07) is 6.25. The third-order valence-corrected chi connectivity index (χ3v) is 5.48. The summed E-state index contributed by atoms with van der Waals surface area (Å²) in [5.74, 6) is 0.424. The van der Waals surface area contributed by atoms with Crippen molar-refractivity contribution in [3.05, 3.63) is 29.8 Å². The van der Waals surface area contributed by atoms with Crippen LogP contribution in [0, 0.1) is 5.92 Å². The Bertz CT molecular complexity index is 642. The highest BCUT2D eigenvalue weighted by Gasteiger charge is 2.16. The Kier molecular flexibility index (Phi) is 9.14. The monoisotopic (exact) mass is 368 g/mol. The second-order valence-corrected chi connectivity index (χ2v) is 8.75. The minimum Gasteiger partial charge on any atom is -0.350 e. The van der Waals surface area contributed by atoms with E-state index in [1.54, 1.807) is 12.1 Å². The van der Waals surface area contributed by atoms with Crippen LogP contribution in [0.1, 0.15) is 70.2 Å². The Morgan fingerprint density at radius 3 is 2.48 bits per heavy atom. The lowest BCUT2D eigenvalue weighted by Crippen LogP contribution is -2.32. The lowest BCUT2D eigenvalue weighted by atomic mass is 10.0. The van der Waals surface area contributed by atoms with Gasteiger partial charge in [-0.2, -0.15) is 0 Å². The van der Waals surface area contributed by atoms with Crippen molar-refractivity contribution in [1.29, 1.82) is 0 Å². The van der Waals surface area contributed by atoms with Crippen LogP contribution in [0.2, 0.25) is 0 Å². The van der Waals surface area contributed by atoms with Crippen LogP contribution in [0.3, 0.4) is 0 Å². The van der Waals surface area contributed by atoms with Gasteiger partial charge in [-0.3, -0.25) is 4.79 Å². The maximum Gasteiger partial charge on any atom is 0.251 e. The van der Waals surface area contributed by atoms with E-state index in [2.05, 4.69) is 23.9 Å². The van der Waals surface area contributed by atoms with E-state index in [0.29, 0.717) is 18.0 Å². The van der Waals surface area contributed by atoms with Crippen LogP contribution in [0.4, 0.5) is 0 Å². The first-order chi connectivity index (χ1) is 11.8. The van der Waals surface area contributed by atoms with Gasteiger partial charge in [0.1, 0.15) is 0 Å². The molecule has 25 heavy (non-hydrogen) atoms. The highest BCUT2D eigenvalue weighted by molar-refractivity contribution is 7.89. The third kappa shape index (κ3) is 8.01. The van der Waals surface area contributed by atoms with E-state index < -0.39 is 10.0 Å². The molecule has 0 spiro atoms. The Morgan fingerprint density at radius 2 is 1.84 bits per heavy atom. The molecule has 1 aromatic rings. The van der Waals surface area contributed by atoms with E-state index in [4.69, 9.17) is 0 Å². The molecule has 0 aliphatic rings. The molecule has 0 radical (unpaired) electrons. The molecular weight excluding hydrogens is 336 g/mol. The van der Waals surface area contributed by atoms with Crippen LogP contribution in [0.15, 0.2) is 29.2 Å². The Balaban J connectivity index is 2.68. The number of benzene rings is 1. The fourth-order valence-electron chi connectivity index (χ4n) is 2.48. The van der Waals surface area contributed by atoms with Gasteiger partial charge >= 0.3 is 0 Å². The summed E-state index contributed by atoms with van der Waals surface area (Å²) in [5.41, 5.74) is 0.370. The van der Waals surface area contributed by atoms with Gasteiger partial charge in [0.25, 0.3) is 5.91 Å². The van der Waals surface area contributed by atoms with E-state index in [1.165, 1.54) is 12.1 Å². The lowest BCUT2D eigenvalue weighted by Gasteiger charge is -2.15. The third-order valence-electron chi connectivity index (χ3n) is 4.03. The highest BCUT2D eigenvalue weighted by Crippen LogP contribution is 2.13. The first kappa shape index (κ1) is 21.6. The van der Waals surface area contributed by atoms with Crippen LogP contribution in [-0.2, 0) is 10.0 Å². The van der Waals surface area contributed by atoms with Gasteiger partial charge in [-0.1, -0.05) is 46.1 Å². The molecule has 5 nitrogen and oxygen atoms in total. The number of nitrogens with one attached hydrogen (secondary N) is 2. The molecule has 0 aromatic heterocycles. The summed E-state index contributed by atoms with van der Waals surface area (Å²) in [7, 11) is -3.57. The van der Waals surface area contributed by atoms with Crippen LogP contribution in [0.5, 0.6) is 0 Å². The summed E-state index contributed by atoms with van der Waals surface area (Å²) < 4.78 is 27.1. The summed E-state index contributed by atoms with van der Waals surface area (Å²) in [6.07, 6.45) is 4.82. The number of hydrogen-bond acceptors (Lipinski definition) is 3. The van der Waals surface area contributed by atoms with Crippen LogP contribution < -0.4 is 10.0 Å². The minimum atomic E-state index is -3.57. The quantitative estimate of drug-likeness (QED) is 0.585. The Labute approximate surface area is 152 Å². The van der Waals surface area contributed by atoms with Gasteiger partial charge in [0.05, 0.1) is 4.90 Å². The molecule has 1 unspecified atom stereocenters. The van der Waals surface area contributed by atoms with Crippen molar-refractivity contribution in [1.82, 2.24) is 10.0 Å². The number of carbonyl (C=O) groups is 1. The largest absolute Gasteiger partial charge is 0.350 e. The van der Waals surface area contributed by atoms with Crippen LogP contribution in [-0.4, -0.2) is 26.9 Å². The van der Waals surface area contributed by atoms with Crippen LogP contribution in [0.25, 0.3) is 0 Å². The molecule has 0 fully saturated rings. The SMILES string of the molecule is CCCCNS(=O)(=O)c1cccc(C(=O)NC(C)CCCC(C)C)c1. The predicted molar refractivity (Wildman–Crippen MR) is 102 cm³/mol. The molecule has 1 atom stereocenters. The topological polar surface area (TPSA) is 75.3 Å². The number of rotatable bonds is 11. The molecule has 0 aliphatic heterocycles. The summed E-state index contributed by atoms with van der Waals surface area (Å²) in [6.45, 7) is 8.75. The van der Waals surface area contributed by atoms with Gasteiger partial charge in [-0.25, -0.2) is 13.1 Å². The smallest absolute Gasteiger partial charge is 0.251 e. The van der Waals surface area contributed by atoms with Crippen molar-refractivity contribution in [2.75, 3.05) is 6.54 Å². The van der Waals surface area contributed by atoms with Crippen molar-refractivity contribution in [2.24, 2.45) is 5.92 Å². The number of unbranched alkanes of at least 4 members (excludes halogenated alkanes) is 1. The zero-order valence-electron chi connectivity index (χ0n) is 15.8. The first-order valence-electron chi connectivity index (χ1n) is 9.16. The Morgan fingerprint density at radius 1 is 1.12 bits per heavy atom. The average Bonchev–Trinajstić information content (AvgIpc) is 2.54. The number of carbonyl (C=O) groups excluding carboxylic acids is 1. The fourth-order valence-corrected chi connectivity index (χ4v) is 3.60. The number of sulfonamides is 1. The molecule has 0 saturated heterocycles. The first-order valence-corrected chi connectivity index (χ1v) is 10.6. The molecule has 142 valence electrons. The second-order valence-electron chi connectivity index (χ2n) is 6.98. The van der Waals surface area contributed by atoms with Gasteiger partial charge in [-0.15, -0.1) is 0 Å². The van der Waals surface area contributed by atoms with E-state index in [-0.39, 0.29) is 16.8 Å². The molecule has 1 aromatic carbocycles. The molecule has 0 heterocycles. The van der Waals surface area contributed by atoms with E-state index in [9.17, 15) is 13.2 Å². The van der Waals surface area contributed by atoms with Gasteiger partial charge in [0.2, 0.25) is 10.0 Å². The molecule has 1 amide bonds. The molecule has 6 heteroatoms. The zero-order valence-corrected chi connectivity index (χ0v) is 16.7. The molecule has 2 N–H and O–H groups in total.